The average molecular weight is 322 g/mol. The molecule has 1 aliphatic rings. The maximum atomic E-state index is 12.5. The highest BCUT2D eigenvalue weighted by Crippen LogP contribution is 2.37. The van der Waals surface area contributed by atoms with Crippen LogP contribution in [0.3, 0.4) is 0 Å². The zero-order chi connectivity index (χ0) is 15.7. The van der Waals surface area contributed by atoms with E-state index in [-0.39, 0.29) is 10.7 Å². The van der Waals surface area contributed by atoms with Crippen molar-refractivity contribution in [3.8, 4) is 0 Å². The van der Waals surface area contributed by atoms with Crippen LogP contribution in [0.1, 0.15) is 37.6 Å². The minimum atomic E-state index is -4.42. The SMILES string of the molecule is CC1CCCC(CNc2nnc(C(F)(F)F)s2)(N(C)C)C1. The van der Waals surface area contributed by atoms with E-state index < -0.39 is 11.2 Å². The van der Waals surface area contributed by atoms with Crippen molar-refractivity contribution in [1.82, 2.24) is 15.1 Å². The van der Waals surface area contributed by atoms with E-state index >= 15 is 0 Å². The molecule has 8 heteroatoms. The van der Waals surface area contributed by atoms with Crippen LogP contribution in [0.4, 0.5) is 18.3 Å². The zero-order valence-electron chi connectivity index (χ0n) is 12.5. The third-order valence-electron chi connectivity index (χ3n) is 4.25. The Morgan fingerprint density at radius 1 is 1.38 bits per heavy atom. The molecule has 1 heterocycles. The molecule has 0 amide bonds. The van der Waals surface area contributed by atoms with Crippen LogP contribution in [0.25, 0.3) is 0 Å². The Balaban J connectivity index is 2.04. The van der Waals surface area contributed by atoms with E-state index in [1.807, 2.05) is 14.1 Å². The Kier molecular flexibility index (Phi) is 4.77. The number of aromatic nitrogens is 2. The highest BCUT2D eigenvalue weighted by Gasteiger charge is 2.38. The van der Waals surface area contributed by atoms with Gasteiger partial charge in [0.1, 0.15) is 0 Å². The maximum Gasteiger partial charge on any atom is 0.445 e. The predicted molar refractivity (Wildman–Crippen MR) is 77.5 cm³/mol. The molecule has 1 aromatic heterocycles. The molecule has 1 fully saturated rings. The van der Waals surface area contributed by atoms with Crippen LogP contribution in [0, 0.1) is 5.92 Å². The minimum Gasteiger partial charge on any atom is -0.358 e. The second-order valence-corrected chi connectivity index (χ2v) is 7.06. The van der Waals surface area contributed by atoms with Crippen molar-refractivity contribution in [1.29, 1.82) is 0 Å². The largest absolute Gasteiger partial charge is 0.445 e. The molecule has 0 aliphatic heterocycles. The first-order valence-electron chi connectivity index (χ1n) is 7.05. The molecular weight excluding hydrogens is 301 g/mol. The van der Waals surface area contributed by atoms with Gasteiger partial charge in [-0.3, -0.25) is 0 Å². The molecule has 4 nitrogen and oxygen atoms in total. The third-order valence-corrected chi connectivity index (χ3v) is 5.18. The Hall–Kier alpha value is -0.890. The van der Waals surface area contributed by atoms with Crippen LogP contribution < -0.4 is 5.32 Å². The summed E-state index contributed by atoms with van der Waals surface area (Å²) in [4.78, 5) is 2.18. The van der Waals surface area contributed by atoms with Crippen LogP contribution in [0.5, 0.6) is 0 Å². The number of rotatable bonds is 4. The smallest absolute Gasteiger partial charge is 0.358 e. The van der Waals surface area contributed by atoms with Crippen molar-refractivity contribution in [3.63, 3.8) is 0 Å². The Morgan fingerprint density at radius 2 is 2.10 bits per heavy atom. The topological polar surface area (TPSA) is 41.1 Å². The highest BCUT2D eigenvalue weighted by atomic mass is 32.1. The van der Waals surface area contributed by atoms with E-state index in [1.54, 1.807) is 0 Å². The standard InChI is InChI=1S/C13H21F3N4S/c1-9-5-4-6-12(7-9,20(2)3)8-17-11-19-18-10(21-11)13(14,15)16/h9H,4-8H2,1-3H3,(H,17,19). The monoisotopic (exact) mass is 322 g/mol. The summed E-state index contributed by atoms with van der Waals surface area (Å²) in [5, 5.41) is 9.19. The first kappa shape index (κ1) is 16.5. The average Bonchev–Trinajstić information content (AvgIpc) is 2.85. The number of hydrogen-bond acceptors (Lipinski definition) is 5. The molecular formula is C13H21F3N4S. The number of nitrogens with one attached hydrogen (secondary N) is 1. The summed E-state index contributed by atoms with van der Waals surface area (Å²) in [6.45, 7) is 2.82. The fourth-order valence-corrected chi connectivity index (χ4v) is 3.61. The van der Waals surface area contributed by atoms with Crippen LogP contribution >= 0.6 is 11.3 Å². The van der Waals surface area contributed by atoms with Gasteiger partial charge in [-0.2, -0.15) is 13.2 Å². The molecule has 0 spiro atoms. The fraction of sp³-hybridized carbons (Fsp3) is 0.846. The summed E-state index contributed by atoms with van der Waals surface area (Å²) in [5.41, 5.74) is -0.0261. The number of hydrogen-bond donors (Lipinski definition) is 1. The lowest BCUT2D eigenvalue weighted by molar-refractivity contribution is -0.138. The number of anilines is 1. The van der Waals surface area contributed by atoms with E-state index in [4.69, 9.17) is 0 Å². The van der Waals surface area contributed by atoms with E-state index in [9.17, 15) is 13.2 Å². The summed E-state index contributed by atoms with van der Waals surface area (Å²) >= 11 is 0.563. The van der Waals surface area contributed by atoms with Gasteiger partial charge in [0.2, 0.25) is 10.1 Å². The zero-order valence-corrected chi connectivity index (χ0v) is 13.3. The first-order valence-corrected chi connectivity index (χ1v) is 7.86. The molecule has 0 radical (unpaired) electrons. The lowest BCUT2D eigenvalue weighted by Crippen LogP contribution is -2.52. The number of halogens is 3. The summed E-state index contributed by atoms with van der Waals surface area (Å²) in [6.07, 6.45) is 0.0218. The Labute approximate surface area is 126 Å². The van der Waals surface area contributed by atoms with E-state index in [0.29, 0.717) is 23.8 Å². The quantitative estimate of drug-likeness (QED) is 0.921. The Morgan fingerprint density at radius 3 is 2.62 bits per heavy atom. The van der Waals surface area contributed by atoms with Crippen LogP contribution in [0.15, 0.2) is 0 Å². The van der Waals surface area contributed by atoms with Gasteiger partial charge < -0.3 is 10.2 Å². The van der Waals surface area contributed by atoms with Gasteiger partial charge in [-0.05, 0) is 32.9 Å². The first-order chi connectivity index (χ1) is 9.73. The van der Waals surface area contributed by atoms with Gasteiger partial charge in [0, 0.05) is 12.1 Å². The normalized spacial score (nSPS) is 27.1. The van der Waals surface area contributed by atoms with Gasteiger partial charge in [-0.25, -0.2) is 0 Å². The van der Waals surface area contributed by atoms with Gasteiger partial charge in [0.05, 0.1) is 0 Å². The lowest BCUT2D eigenvalue weighted by atomic mass is 9.75. The summed E-state index contributed by atoms with van der Waals surface area (Å²) in [6, 6.07) is 0. The van der Waals surface area contributed by atoms with Crippen molar-refractivity contribution in [3.05, 3.63) is 5.01 Å². The second-order valence-electron chi connectivity index (χ2n) is 6.08. The molecule has 2 atom stereocenters. The molecule has 1 N–H and O–H groups in total. The summed E-state index contributed by atoms with van der Waals surface area (Å²) in [7, 11) is 4.06. The van der Waals surface area contributed by atoms with Crippen molar-refractivity contribution in [2.75, 3.05) is 26.0 Å². The van der Waals surface area contributed by atoms with Gasteiger partial charge in [0.25, 0.3) is 0 Å². The molecule has 1 aliphatic carbocycles. The highest BCUT2D eigenvalue weighted by molar-refractivity contribution is 7.15. The molecule has 120 valence electrons. The van der Waals surface area contributed by atoms with Gasteiger partial charge >= 0.3 is 6.18 Å². The number of alkyl halides is 3. The van der Waals surface area contributed by atoms with Crippen molar-refractivity contribution in [2.45, 2.75) is 44.3 Å². The van der Waals surface area contributed by atoms with Crippen molar-refractivity contribution >= 4 is 16.5 Å². The fourth-order valence-electron chi connectivity index (χ4n) is 3.01. The van der Waals surface area contributed by atoms with Gasteiger partial charge in [-0.15, -0.1) is 10.2 Å². The van der Waals surface area contributed by atoms with Gasteiger partial charge in [-0.1, -0.05) is 31.1 Å². The predicted octanol–water partition coefficient (Wildman–Crippen LogP) is 3.48. The molecule has 0 aromatic carbocycles. The van der Waals surface area contributed by atoms with Crippen LogP contribution in [0.2, 0.25) is 0 Å². The molecule has 2 unspecified atom stereocenters. The molecule has 0 bridgehead atoms. The van der Waals surface area contributed by atoms with Crippen LogP contribution in [-0.2, 0) is 6.18 Å². The van der Waals surface area contributed by atoms with Crippen molar-refractivity contribution < 1.29 is 13.2 Å². The summed E-state index contributed by atoms with van der Waals surface area (Å²) in [5.74, 6) is 0.628. The maximum absolute atomic E-state index is 12.5. The van der Waals surface area contributed by atoms with Crippen LogP contribution in [-0.4, -0.2) is 41.3 Å². The molecule has 1 aromatic rings. The van der Waals surface area contributed by atoms with E-state index in [0.717, 1.165) is 19.3 Å². The summed E-state index contributed by atoms with van der Waals surface area (Å²) < 4.78 is 37.6. The molecule has 2 rings (SSSR count). The second kappa shape index (κ2) is 6.08. The molecule has 1 saturated carbocycles. The Bertz CT molecular complexity index is 474. The minimum absolute atomic E-state index is 0.0261. The van der Waals surface area contributed by atoms with E-state index in [1.165, 1.54) is 6.42 Å². The van der Waals surface area contributed by atoms with Crippen molar-refractivity contribution in [2.24, 2.45) is 5.92 Å². The number of likely N-dealkylation sites (N-methyl/N-ethyl adjacent to an activating group) is 1. The third kappa shape index (κ3) is 3.85. The number of nitrogens with zero attached hydrogens (tertiary/aromatic N) is 3. The lowest BCUT2D eigenvalue weighted by Gasteiger charge is -2.45. The molecule has 21 heavy (non-hydrogen) atoms. The van der Waals surface area contributed by atoms with Gasteiger partial charge in [0.15, 0.2) is 0 Å². The molecule has 0 saturated heterocycles. The van der Waals surface area contributed by atoms with E-state index in [2.05, 4.69) is 27.3 Å².